The second kappa shape index (κ2) is 3.33. The van der Waals surface area contributed by atoms with Crippen molar-refractivity contribution in [2.45, 2.75) is 0 Å². The molecule has 0 saturated heterocycles. The molecule has 0 spiro atoms. The molecule has 0 unspecified atom stereocenters. The summed E-state index contributed by atoms with van der Waals surface area (Å²) < 4.78 is 1.81. The number of imidazole rings is 2. The van der Waals surface area contributed by atoms with Crippen LogP contribution in [-0.4, -0.2) is 34.5 Å². The number of hydrogen-bond acceptors (Lipinski definition) is 5. The van der Waals surface area contributed by atoms with Gasteiger partial charge in [0.2, 0.25) is 5.95 Å². The zero-order chi connectivity index (χ0) is 11.9. The van der Waals surface area contributed by atoms with Crippen molar-refractivity contribution in [3.8, 4) is 5.95 Å². The Morgan fingerprint density at radius 3 is 3.11 bits per heavy atom. The van der Waals surface area contributed by atoms with Gasteiger partial charge in [0, 0.05) is 6.20 Å². The molecule has 7 heteroatoms. The van der Waals surface area contributed by atoms with Crippen molar-refractivity contribution >= 4 is 22.2 Å². The van der Waals surface area contributed by atoms with Crippen LogP contribution in [0, 0.1) is 0 Å². The topological polar surface area (TPSA) is 85.2 Å². The molecule has 0 aromatic carbocycles. The van der Waals surface area contributed by atoms with Crippen molar-refractivity contribution in [1.82, 2.24) is 34.5 Å². The first kappa shape index (κ1) is 9.23. The average molecular weight is 237 g/mol. The van der Waals surface area contributed by atoms with Gasteiger partial charge in [-0.25, -0.2) is 15.0 Å². The van der Waals surface area contributed by atoms with Crippen molar-refractivity contribution in [1.29, 1.82) is 0 Å². The third-order valence-electron chi connectivity index (χ3n) is 2.73. The van der Waals surface area contributed by atoms with Crippen LogP contribution in [0.3, 0.4) is 0 Å². The molecule has 18 heavy (non-hydrogen) atoms. The molecule has 0 radical (unpaired) electrons. The molecular weight excluding hydrogens is 230 g/mol. The summed E-state index contributed by atoms with van der Waals surface area (Å²) in [5.41, 5.74) is 3.17. The van der Waals surface area contributed by atoms with Crippen LogP contribution in [-0.2, 0) is 0 Å². The Kier molecular flexibility index (Phi) is 1.71. The maximum Gasteiger partial charge on any atom is 0.237 e. The largest absolute Gasteiger partial charge is 0.342 e. The van der Waals surface area contributed by atoms with E-state index < -0.39 is 0 Å². The molecule has 0 bridgehead atoms. The molecule has 86 valence electrons. The lowest BCUT2D eigenvalue weighted by molar-refractivity contribution is 0.961. The third kappa shape index (κ3) is 1.21. The minimum Gasteiger partial charge on any atom is -0.342 e. The summed E-state index contributed by atoms with van der Waals surface area (Å²) in [5, 5.41) is 0. The molecule has 7 nitrogen and oxygen atoms in total. The Morgan fingerprint density at radius 2 is 2.11 bits per heavy atom. The van der Waals surface area contributed by atoms with E-state index in [4.69, 9.17) is 0 Å². The van der Waals surface area contributed by atoms with Gasteiger partial charge in [-0.3, -0.25) is 9.55 Å². The van der Waals surface area contributed by atoms with Gasteiger partial charge in [-0.15, -0.1) is 0 Å². The van der Waals surface area contributed by atoms with E-state index in [0.717, 1.165) is 16.6 Å². The summed E-state index contributed by atoms with van der Waals surface area (Å²) in [4.78, 5) is 24.0. The molecule has 4 heterocycles. The van der Waals surface area contributed by atoms with E-state index in [1.807, 2.05) is 10.6 Å². The number of H-pyrrole nitrogens is 1. The van der Waals surface area contributed by atoms with Gasteiger partial charge in [0.25, 0.3) is 0 Å². The Hall–Kier alpha value is -2.83. The lowest BCUT2D eigenvalue weighted by atomic mass is 10.4. The minimum atomic E-state index is 0.545. The maximum atomic E-state index is 4.38. The van der Waals surface area contributed by atoms with Crippen LogP contribution in [0.1, 0.15) is 0 Å². The van der Waals surface area contributed by atoms with E-state index in [1.54, 1.807) is 31.2 Å². The van der Waals surface area contributed by atoms with Crippen molar-refractivity contribution < 1.29 is 0 Å². The second-order valence-electron chi connectivity index (χ2n) is 3.79. The van der Waals surface area contributed by atoms with Crippen LogP contribution < -0.4 is 0 Å². The first-order valence-electron chi connectivity index (χ1n) is 5.35. The van der Waals surface area contributed by atoms with Gasteiger partial charge in [0.15, 0.2) is 5.65 Å². The van der Waals surface area contributed by atoms with Gasteiger partial charge in [-0.2, -0.15) is 4.98 Å². The van der Waals surface area contributed by atoms with E-state index in [0.29, 0.717) is 11.6 Å². The number of hydrogen-bond donors (Lipinski definition) is 1. The quantitative estimate of drug-likeness (QED) is 0.535. The minimum absolute atomic E-state index is 0.545. The van der Waals surface area contributed by atoms with E-state index in [9.17, 15) is 0 Å². The summed E-state index contributed by atoms with van der Waals surface area (Å²) in [6.07, 6.45) is 8.41. The smallest absolute Gasteiger partial charge is 0.237 e. The Morgan fingerprint density at radius 1 is 1.11 bits per heavy atom. The molecule has 0 saturated carbocycles. The predicted molar refractivity (Wildman–Crippen MR) is 64.1 cm³/mol. The summed E-state index contributed by atoms with van der Waals surface area (Å²) in [7, 11) is 0. The summed E-state index contributed by atoms with van der Waals surface area (Å²) >= 11 is 0. The van der Waals surface area contributed by atoms with E-state index in [1.165, 1.54) is 0 Å². The number of aromatic amines is 1. The van der Waals surface area contributed by atoms with E-state index in [2.05, 4.69) is 29.9 Å². The molecule has 4 aromatic heterocycles. The highest BCUT2D eigenvalue weighted by Crippen LogP contribution is 2.15. The number of nitrogens with one attached hydrogen (secondary N) is 1. The molecule has 1 N–H and O–H groups in total. The maximum absolute atomic E-state index is 4.38. The highest BCUT2D eigenvalue weighted by molar-refractivity contribution is 5.76. The molecule has 0 amide bonds. The van der Waals surface area contributed by atoms with Gasteiger partial charge in [-0.05, 0) is 6.07 Å². The Bertz CT molecular complexity index is 844. The Labute approximate surface area is 101 Å². The summed E-state index contributed by atoms with van der Waals surface area (Å²) in [6, 6.07) is 1.88. The van der Waals surface area contributed by atoms with E-state index in [-0.39, 0.29) is 0 Å². The van der Waals surface area contributed by atoms with Crippen LogP contribution in [0.25, 0.3) is 28.1 Å². The predicted octanol–water partition coefficient (Wildman–Crippen LogP) is 1.09. The first-order valence-corrected chi connectivity index (χ1v) is 5.35. The normalized spacial score (nSPS) is 11.3. The van der Waals surface area contributed by atoms with Crippen molar-refractivity contribution in [3.63, 3.8) is 0 Å². The monoisotopic (exact) mass is 237 g/mol. The van der Waals surface area contributed by atoms with Crippen LogP contribution >= 0.6 is 0 Å². The number of nitrogens with zero attached hydrogens (tertiary/aromatic N) is 6. The standard InChI is InChI=1S/C11H7N7/c1-2-12-3-7-9(1)18(6-16-7)11-13-4-8-10(17-11)15-5-14-8/h1-6H,(H,13,14,15,17). The Balaban J connectivity index is 2.00. The highest BCUT2D eigenvalue weighted by Gasteiger charge is 2.08. The molecule has 0 atom stereocenters. The lowest BCUT2D eigenvalue weighted by Crippen LogP contribution is -1.99. The number of aromatic nitrogens is 7. The SMILES string of the molecule is c1cc2c(cn1)ncn2-c1ncc2[nH]cnc2n1. The third-order valence-corrected chi connectivity index (χ3v) is 2.73. The molecule has 0 fully saturated rings. The van der Waals surface area contributed by atoms with Crippen molar-refractivity contribution in [3.05, 3.63) is 37.3 Å². The van der Waals surface area contributed by atoms with Crippen LogP contribution in [0.4, 0.5) is 0 Å². The van der Waals surface area contributed by atoms with Crippen LogP contribution in [0.5, 0.6) is 0 Å². The zero-order valence-corrected chi connectivity index (χ0v) is 9.15. The molecule has 0 aliphatic carbocycles. The molecule has 4 aromatic rings. The number of fused-ring (bicyclic) bond motifs is 2. The fourth-order valence-corrected chi connectivity index (χ4v) is 1.87. The van der Waals surface area contributed by atoms with Gasteiger partial charge in [0.1, 0.15) is 17.4 Å². The van der Waals surface area contributed by atoms with Crippen LogP contribution in [0.2, 0.25) is 0 Å². The highest BCUT2D eigenvalue weighted by atomic mass is 15.2. The van der Waals surface area contributed by atoms with Crippen molar-refractivity contribution in [2.75, 3.05) is 0 Å². The summed E-state index contributed by atoms with van der Waals surface area (Å²) in [5.74, 6) is 0.545. The zero-order valence-electron chi connectivity index (χ0n) is 9.15. The fraction of sp³-hybridized carbons (Fsp3) is 0. The molecule has 0 aliphatic rings. The molecule has 0 aliphatic heterocycles. The number of pyridine rings is 1. The van der Waals surface area contributed by atoms with Gasteiger partial charge >= 0.3 is 0 Å². The lowest BCUT2D eigenvalue weighted by Gasteiger charge is -2.00. The summed E-state index contributed by atoms with van der Waals surface area (Å²) in [6.45, 7) is 0. The second-order valence-corrected chi connectivity index (χ2v) is 3.79. The van der Waals surface area contributed by atoms with Gasteiger partial charge < -0.3 is 4.98 Å². The first-order chi connectivity index (χ1) is 8.92. The molecular formula is C11H7N7. The molecule has 4 rings (SSSR count). The van der Waals surface area contributed by atoms with Gasteiger partial charge in [-0.1, -0.05) is 0 Å². The fourth-order valence-electron chi connectivity index (χ4n) is 1.87. The van der Waals surface area contributed by atoms with E-state index >= 15 is 0 Å². The van der Waals surface area contributed by atoms with Crippen LogP contribution in [0.15, 0.2) is 37.3 Å². The average Bonchev–Trinajstić information content (AvgIpc) is 3.04. The van der Waals surface area contributed by atoms with Gasteiger partial charge in [0.05, 0.1) is 24.2 Å². The van der Waals surface area contributed by atoms with Crippen molar-refractivity contribution in [2.24, 2.45) is 0 Å². The number of rotatable bonds is 1.